The van der Waals surface area contributed by atoms with Crippen molar-refractivity contribution in [3.63, 3.8) is 0 Å². The lowest BCUT2D eigenvalue weighted by atomic mass is 9.75. The van der Waals surface area contributed by atoms with Crippen LogP contribution in [0.3, 0.4) is 0 Å². The highest BCUT2D eigenvalue weighted by molar-refractivity contribution is 9.10. The second-order valence-electron chi connectivity index (χ2n) is 7.10. The molecule has 1 saturated carbocycles. The standard InChI is InChI=1S/C18H16BrF3N2O3S/c19-12-4-5-16-15(7-12)24(10-17(27-16)8-13(23)9-17)28(25,26)14-3-1-2-11(6-14)18(20,21)22/h1-7,13H,8-10,23H2. The molecule has 0 aromatic heterocycles. The molecule has 4 rings (SSSR count). The van der Waals surface area contributed by atoms with Gasteiger partial charge in [0.05, 0.1) is 22.7 Å². The van der Waals surface area contributed by atoms with Gasteiger partial charge in [-0.15, -0.1) is 0 Å². The van der Waals surface area contributed by atoms with Gasteiger partial charge in [-0.1, -0.05) is 22.0 Å². The van der Waals surface area contributed by atoms with Crippen LogP contribution in [-0.2, 0) is 16.2 Å². The molecule has 2 N–H and O–H groups in total. The Hall–Kier alpha value is -1.78. The van der Waals surface area contributed by atoms with Crippen molar-refractivity contribution < 1.29 is 26.3 Å². The SMILES string of the molecule is NC1CC2(C1)CN(S(=O)(=O)c1cccc(C(F)(F)F)c1)c1cc(Br)ccc1O2. The number of fused-ring (bicyclic) bond motifs is 1. The van der Waals surface area contributed by atoms with Crippen LogP contribution < -0.4 is 14.8 Å². The zero-order valence-corrected chi connectivity index (χ0v) is 16.8. The van der Waals surface area contributed by atoms with Crippen molar-refractivity contribution in [2.75, 3.05) is 10.8 Å². The topological polar surface area (TPSA) is 72.6 Å². The lowest BCUT2D eigenvalue weighted by molar-refractivity contribution is -0.137. The van der Waals surface area contributed by atoms with Gasteiger partial charge in [0.1, 0.15) is 11.4 Å². The lowest BCUT2D eigenvalue weighted by Crippen LogP contribution is -2.63. The van der Waals surface area contributed by atoms with Gasteiger partial charge >= 0.3 is 6.18 Å². The molecular weight excluding hydrogens is 461 g/mol. The van der Waals surface area contributed by atoms with Crippen molar-refractivity contribution >= 4 is 31.6 Å². The van der Waals surface area contributed by atoms with Gasteiger partial charge in [-0.2, -0.15) is 13.2 Å². The number of halogens is 4. The molecule has 150 valence electrons. The van der Waals surface area contributed by atoms with E-state index >= 15 is 0 Å². The Bertz CT molecular complexity index is 1040. The smallest absolute Gasteiger partial charge is 0.416 e. The van der Waals surface area contributed by atoms with Gasteiger partial charge in [-0.25, -0.2) is 8.42 Å². The minimum Gasteiger partial charge on any atom is -0.483 e. The predicted molar refractivity (Wildman–Crippen MR) is 101 cm³/mol. The van der Waals surface area contributed by atoms with Gasteiger partial charge in [0.15, 0.2) is 0 Å². The van der Waals surface area contributed by atoms with Crippen LogP contribution in [0.2, 0.25) is 0 Å². The fourth-order valence-corrected chi connectivity index (χ4v) is 5.60. The Labute approximate surface area is 168 Å². The number of alkyl halides is 3. The van der Waals surface area contributed by atoms with Crippen LogP contribution in [0.4, 0.5) is 18.9 Å². The second-order valence-corrected chi connectivity index (χ2v) is 9.88. The minimum atomic E-state index is -4.64. The molecule has 0 saturated heterocycles. The van der Waals surface area contributed by atoms with E-state index in [1.54, 1.807) is 18.2 Å². The van der Waals surface area contributed by atoms with E-state index in [0.29, 0.717) is 29.1 Å². The van der Waals surface area contributed by atoms with Crippen LogP contribution in [0.25, 0.3) is 0 Å². The molecule has 0 unspecified atom stereocenters. The Balaban J connectivity index is 1.82. The fourth-order valence-electron chi connectivity index (χ4n) is 3.67. The van der Waals surface area contributed by atoms with E-state index in [0.717, 1.165) is 22.5 Å². The summed E-state index contributed by atoms with van der Waals surface area (Å²) in [5, 5.41) is 0. The highest BCUT2D eigenvalue weighted by Crippen LogP contribution is 2.47. The molecule has 2 aromatic carbocycles. The first kappa shape index (κ1) is 19.5. The molecule has 2 aromatic rings. The molecule has 1 aliphatic carbocycles. The summed E-state index contributed by atoms with van der Waals surface area (Å²) in [4.78, 5) is -0.422. The third-order valence-corrected chi connectivity index (χ3v) is 7.21. The fraction of sp³-hybridized carbons (Fsp3) is 0.333. The molecule has 1 heterocycles. The first-order valence-corrected chi connectivity index (χ1v) is 10.7. The number of rotatable bonds is 2. The number of anilines is 1. The second kappa shape index (κ2) is 6.36. The molecule has 5 nitrogen and oxygen atoms in total. The highest BCUT2D eigenvalue weighted by Gasteiger charge is 2.51. The molecule has 2 aliphatic rings. The van der Waals surface area contributed by atoms with Crippen molar-refractivity contribution in [2.45, 2.75) is 35.6 Å². The normalized spacial score (nSPS) is 24.5. The molecule has 0 amide bonds. The summed E-state index contributed by atoms with van der Waals surface area (Å²) in [6, 6.07) is 8.58. The molecule has 28 heavy (non-hydrogen) atoms. The maximum Gasteiger partial charge on any atom is 0.416 e. The number of nitrogens with zero attached hydrogens (tertiary/aromatic N) is 1. The predicted octanol–water partition coefficient (Wildman–Crippen LogP) is 3.92. The number of sulfonamides is 1. The molecule has 0 radical (unpaired) electrons. The van der Waals surface area contributed by atoms with Gasteiger partial charge < -0.3 is 10.5 Å². The van der Waals surface area contributed by atoms with Crippen LogP contribution in [0, 0.1) is 0 Å². The first-order valence-electron chi connectivity index (χ1n) is 8.44. The summed E-state index contributed by atoms with van der Waals surface area (Å²) < 4.78 is 73.6. The van der Waals surface area contributed by atoms with E-state index in [-0.39, 0.29) is 18.3 Å². The Morgan fingerprint density at radius 3 is 2.54 bits per heavy atom. The maximum absolute atomic E-state index is 13.3. The lowest BCUT2D eigenvalue weighted by Gasteiger charge is -2.51. The Morgan fingerprint density at radius 2 is 1.89 bits per heavy atom. The van der Waals surface area contributed by atoms with E-state index in [9.17, 15) is 21.6 Å². The maximum atomic E-state index is 13.3. The van der Waals surface area contributed by atoms with Crippen LogP contribution >= 0.6 is 15.9 Å². The largest absolute Gasteiger partial charge is 0.483 e. The molecular formula is C18H16BrF3N2O3S. The number of hydrogen-bond donors (Lipinski definition) is 1. The van der Waals surface area contributed by atoms with Gasteiger partial charge in [0, 0.05) is 23.4 Å². The van der Waals surface area contributed by atoms with Gasteiger partial charge in [0.25, 0.3) is 10.0 Å². The van der Waals surface area contributed by atoms with Crippen LogP contribution in [0.1, 0.15) is 18.4 Å². The third-order valence-electron chi connectivity index (χ3n) is 4.97. The van der Waals surface area contributed by atoms with Gasteiger partial charge in [-0.3, -0.25) is 4.31 Å². The van der Waals surface area contributed by atoms with E-state index in [4.69, 9.17) is 10.5 Å². The Morgan fingerprint density at radius 1 is 1.18 bits per heavy atom. The minimum absolute atomic E-state index is 0.0112. The average molecular weight is 477 g/mol. The average Bonchev–Trinajstić information content (AvgIpc) is 2.59. The van der Waals surface area contributed by atoms with Crippen molar-refractivity contribution in [3.8, 4) is 5.75 Å². The van der Waals surface area contributed by atoms with Gasteiger partial charge in [0.2, 0.25) is 0 Å². The quantitative estimate of drug-likeness (QED) is 0.712. The van der Waals surface area contributed by atoms with Crippen molar-refractivity contribution in [2.24, 2.45) is 5.73 Å². The number of ether oxygens (including phenoxy) is 1. The zero-order chi connectivity index (χ0) is 20.3. The summed E-state index contributed by atoms with van der Waals surface area (Å²) in [6.45, 7) is -0.0112. The molecule has 1 spiro atoms. The number of hydrogen-bond acceptors (Lipinski definition) is 4. The Kier molecular flexibility index (Phi) is 4.44. The first-order chi connectivity index (χ1) is 13.0. The molecule has 1 aliphatic heterocycles. The van der Waals surface area contributed by atoms with Crippen molar-refractivity contribution in [1.82, 2.24) is 0 Å². The summed E-state index contributed by atoms with van der Waals surface area (Å²) in [5.41, 5.74) is 4.37. The number of benzene rings is 2. The zero-order valence-electron chi connectivity index (χ0n) is 14.4. The van der Waals surface area contributed by atoms with Gasteiger partial charge in [-0.05, 0) is 36.4 Å². The van der Waals surface area contributed by atoms with Crippen LogP contribution in [0.5, 0.6) is 5.75 Å². The van der Waals surface area contributed by atoms with E-state index < -0.39 is 32.3 Å². The summed E-state index contributed by atoms with van der Waals surface area (Å²) >= 11 is 3.30. The number of nitrogens with two attached hydrogens (primary N) is 1. The van der Waals surface area contributed by atoms with Crippen molar-refractivity contribution in [1.29, 1.82) is 0 Å². The van der Waals surface area contributed by atoms with Crippen LogP contribution in [-0.4, -0.2) is 26.6 Å². The summed E-state index contributed by atoms with van der Waals surface area (Å²) in [6.07, 6.45) is -3.70. The monoisotopic (exact) mass is 476 g/mol. The van der Waals surface area contributed by atoms with Crippen molar-refractivity contribution in [3.05, 3.63) is 52.5 Å². The van der Waals surface area contributed by atoms with E-state index in [1.807, 2.05) is 0 Å². The third kappa shape index (κ3) is 3.27. The van der Waals surface area contributed by atoms with Crippen LogP contribution in [0.15, 0.2) is 51.8 Å². The summed E-state index contributed by atoms with van der Waals surface area (Å²) in [5.74, 6) is 0.358. The van der Waals surface area contributed by atoms with E-state index in [2.05, 4.69) is 15.9 Å². The molecule has 0 bridgehead atoms. The summed E-state index contributed by atoms with van der Waals surface area (Å²) in [7, 11) is -4.25. The molecule has 10 heteroatoms. The van der Waals surface area contributed by atoms with E-state index in [1.165, 1.54) is 0 Å². The molecule has 1 fully saturated rings. The highest BCUT2D eigenvalue weighted by atomic mass is 79.9. The molecule has 0 atom stereocenters.